The van der Waals surface area contributed by atoms with Crippen LogP contribution in [0.4, 0.5) is 0 Å². The Morgan fingerprint density at radius 3 is 2.50 bits per heavy atom. The molecule has 2 N–H and O–H groups in total. The van der Waals surface area contributed by atoms with Gasteiger partial charge in [0.25, 0.3) is 0 Å². The Balaban J connectivity index is 1.95. The molecule has 1 aromatic carbocycles. The Morgan fingerprint density at radius 1 is 1.15 bits per heavy atom. The average molecular weight is 295 g/mol. The van der Waals surface area contributed by atoms with Gasteiger partial charge in [0.15, 0.2) is 5.58 Å². The van der Waals surface area contributed by atoms with Crippen molar-refractivity contribution in [2.45, 2.75) is 50.2 Å². The number of aliphatic hydroxyl groups is 2. The molecule has 0 spiro atoms. The number of fused-ring (bicyclic) bond motifs is 1. The third-order valence-corrected chi connectivity index (χ3v) is 4.56. The maximum atomic E-state index is 10.7. The Morgan fingerprint density at radius 2 is 1.85 bits per heavy atom. The van der Waals surface area contributed by atoms with Gasteiger partial charge < -0.3 is 14.6 Å². The van der Waals surface area contributed by atoms with Crippen molar-refractivity contribution in [3.63, 3.8) is 0 Å². The fourth-order valence-electron chi connectivity index (χ4n) is 3.06. The third-order valence-electron chi connectivity index (χ3n) is 4.26. The number of para-hydroxylation sites is 1. The van der Waals surface area contributed by atoms with Crippen LogP contribution in [0, 0.1) is 0 Å². The predicted molar refractivity (Wildman–Crippen MR) is 78.8 cm³/mol. The van der Waals surface area contributed by atoms with Gasteiger partial charge in [-0.1, -0.05) is 49.4 Å². The molecule has 0 aliphatic heterocycles. The summed E-state index contributed by atoms with van der Waals surface area (Å²) < 4.78 is 5.68. The fourth-order valence-corrected chi connectivity index (χ4v) is 3.28. The number of aliphatic hydroxyl groups excluding tert-OH is 1. The topological polar surface area (TPSA) is 53.6 Å². The lowest BCUT2D eigenvalue weighted by Crippen LogP contribution is -2.35. The second kappa shape index (κ2) is 5.40. The number of halogens is 1. The number of rotatable bonds is 2. The van der Waals surface area contributed by atoms with E-state index in [1.165, 1.54) is 0 Å². The lowest BCUT2D eigenvalue weighted by Gasteiger charge is -2.30. The highest BCUT2D eigenvalue weighted by molar-refractivity contribution is 6.34. The van der Waals surface area contributed by atoms with Crippen molar-refractivity contribution in [2.24, 2.45) is 0 Å². The van der Waals surface area contributed by atoms with Crippen LogP contribution in [0.5, 0.6) is 0 Å². The highest BCUT2D eigenvalue weighted by atomic mass is 35.5. The molecule has 0 saturated heterocycles. The van der Waals surface area contributed by atoms with E-state index in [0.717, 1.165) is 31.1 Å². The van der Waals surface area contributed by atoms with Crippen molar-refractivity contribution < 1.29 is 14.6 Å². The Labute approximate surface area is 123 Å². The van der Waals surface area contributed by atoms with E-state index in [-0.39, 0.29) is 0 Å². The van der Waals surface area contributed by atoms with Gasteiger partial charge in [-0.05, 0) is 25.0 Å². The molecule has 108 valence electrons. The molecule has 1 heterocycles. The maximum absolute atomic E-state index is 10.7. The van der Waals surface area contributed by atoms with E-state index < -0.39 is 11.7 Å². The van der Waals surface area contributed by atoms with Crippen LogP contribution in [0.1, 0.15) is 50.4 Å². The zero-order valence-electron chi connectivity index (χ0n) is 11.3. The van der Waals surface area contributed by atoms with Crippen LogP contribution >= 0.6 is 11.6 Å². The molecule has 20 heavy (non-hydrogen) atoms. The van der Waals surface area contributed by atoms with Crippen molar-refractivity contribution >= 4 is 22.6 Å². The van der Waals surface area contributed by atoms with E-state index in [9.17, 15) is 10.2 Å². The Hall–Kier alpha value is -1.03. The van der Waals surface area contributed by atoms with E-state index in [1.807, 2.05) is 12.1 Å². The first-order chi connectivity index (χ1) is 9.60. The van der Waals surface area contributed by atoms with E-state index in [1.54, 1.807) is 12.1 Å². The molecule has 1 aromatic heterocycles. The zero-order valence-corrected chi connectivity index (χ0v) is 12.1. The molecule has 1 fully saturated rings. The quantitative estimate of drug-likeness (QED) is 0.816. The highest BCUT2D eigenvalue weighted by Crippen LogP contribution is 2.39. The Kier molecular flexibility index (Phi) is 3.76. The summed E-state index contributed by atoms with van der Waals surface area (Å²) in [5.41, 5.74) is -0.517. The molecule has 1 unspecified atom stereocenters. The van der Waals surface area contributed by atoms with Crippen LogP contribution in [0.15, 0.2) is 28.7 Å². The van der Waals surface area contributed by atoms with Crippen LogP contribution in [0.25, 0.3) is 11.0 Å². The summed E-state index contributed by atoms with van der Waals surface area (Å²) in [6, 6.07) is 7.26. The van der Waals surface area contributed by atoms with E-state index >= 15 is 0 Å². The van der Waals surface area contributed by atoms with E-state index in [0.29, 0.717) is 29.2 Å². The molecule has 1 aliphatic carbocycles. The van der Waals surface area contributed by atoms with Gasteiger partial charge in [-0.3, -0.25) is 0 Å². The van der Waals surface area contributed by atoms with Crippen molar-refractivity contribution in [1.82, 2.24) is 0 Å². The summed E-state index contributed by atoms with van der Waals surface area (Å²) in [5, 5.41) is 22.6. The molecular formula is C16H19ClO3. The van der Waals surface area contributed by atoms with Crippen LogP contribution in [-0.4, -0.2) is 15.8 Å². The zero-order chi connectivity index (χ0) is 14.2. The van der Waals surface area contributed by atoms with Crippen LogP contribution in [0.2, 0.25) is 5.02 Å². The molecule has 4 heteroatoms. The van der Waals surface area contributed by atoms with Gasteiger partial charge >= 0.3 is 0 Å². The first-order valence-corrected chi connectivity index (χ1v) is 7.56. The number of furan rings is 1. The molecule has 2 aromatic rings. The summed E-state index contributed by atoms with van der Waals surface area (Å²) in [4.78, 5) is 0. The summed E-state index contributed by atoms with van der Waals surface area (Å²) in [7, 11) is 0. The summed E-state index contributed by atoms with van der Waals surface area (Å²) in [5.74, 6) is 0.400. The minimum absolute atomic E-state index is 0.400. The van der Waals surface area contributed by atoms with Crippen molar-refractivity contribution in [3.8, 4) is 0 Å². The van der Waals surface area contributed by atoms with Gasteiger partial charge in [0, 0.05) is 5.39 Å². The van der Waals surface area contributed by atoms with Crippen LogP contribution in [-0.2, 0) is 0 Å². The third kappa shape index (κ3) is 2.46. The average Bonchev–Trinajstić information content (AvgIpc) is 2.75. The molecule has 3 rings (SSSR count). The molecule has 1 saturated carbocycles. The normalized spacial score (nSPS) is 20.8. The van der Waals surface area contributed by atoms with Crippen molar-refractivity contribution in [1.29, 1.82) is 0 Å². The summed E-state index contributed by atoms with van der Waals surface area (Å²) in [6.45, 7) is 0. The van der Waals surface area contributed by atoms with Gasteiger partial charge in [-0.25, -0.2) is 0 Å². The Bertz CT molecular complexity index is 597. The van der Waals surface area contributed by atoms with Crippen molar-refractivity contribution in [3.05, 3.63) is 35.0 Å². The van der Waals surface area contributed by atoms with E-state index in [4.69, 9.17) is 16.0 Å². The van der Waals surface area contributed by atoms with Gasteiger partial charge in [0.2, 0.25) is 0 Å². The highest BCUT2D eigenvalue weighted by Gasteiger charge is 2.38. The summed E-state index contributed by atoms with van der Waals surface area (Å²) >= 11 is 6.08. The minimum Gasteiger partial charge on any atom is -0.457 e. The lowest BCUT2D eigenvalue weighted by molar-refractivity contribution is -0.0943. The number of benzene rings is 1. The molecule has 1 aliphatic rings. The summed E-state index contributed by atoms with van der Waals surface area (Å²) in [6.07, 6.45) is 4.33. The van der Waals surface area contributed by atoms with Gasteiger partial charge in [0.05, 0.1) is 10.6 Å². The molecule has 3 nitrogen and oxygen atoms in total. The largest absolute Gasteiger partial charge is 0.457 e. The molecular weight excluding hydrogens is 276 g/mol. The standard InChI is InChI=1S/C16H19ClO3/c17-12-7-5-6-11-10-13(20-14(11)12)15(18)16(19)8-3-1-2-4-9-16/h5-7,10,15,18-19H,1-4,8-9H2. The van der Waals surface area contributed by atoms with Crippen LogP contribution in [0.3, 0.4) is 0 Å². The van der Waals surface area contributed by atoms with E-state index in [2.05, 4.69) is 0 Å². The number of hydrogen-bond acceptors (Lipinski definition) is 3. The minimum atomic E-state index is -1.09. The second-order valence-electron chi connectivity index (χ2n) is 5.73. The van der Waals surface area contributed by atoms with Gasteiger partial charge in [-0.2, -0.15) is 0 Å². The fraction of sp³-hybridized carbons (Fsp3) is 0.500. The monoisotopic (exact) mass is 294 g/mol. The lowest BCUT2D eigenvalue weighted by atomic mass is 9.87. The van der Waals surface area contributed by atoms with Crippen LogP contribution < -0.4 is 0 Å². The molecule has 0 radical (unpaired) electrons. The smallest absolute Gasteiger partial charge is 0.152 e. The SMILES string of the molecule is OC(c1cc2cccc(Cl)c2o1)C1(O)CCCCCC1. The first kappa shape index (κ1) is 13.9. The molecule has 1 atom stereocenters. The first-order valence-electron chi connectivity index (χ1n) is 7.18. The predicted octanol–water partition coefficient (Wildman–Crippen LogP) is 4.20. The van der Waals surface area contributed by atoms with Crippen molar-refractivity contribution in [2.75, 3.05) is 0 Å². The number of hydrogen-bond donors (Lipinski definition) is 2. The van der Waals surface area contributed by atoms with Gasteiger partial charge in [0.1, 0.15) is 11.9 Å². The second-order valence-corrected chi connectivity index (χ2v) is 6.13. The molecule has 0 bridgehead atoms. The molecule has 0 amide bonds. The van der Waals surface area contributed by atoms with Gasteiger partial charge in [-0.15, -0.1) is 0 Å². The maximum Gasteiger partial charge on any atom is 0.152 e.